The Labute approximate surface area is 155 Å². The number of hydrogen-bond acceptors (Lipinski definition) is 5. The fraction of sp³-hybridized carbons (Fsp3) is 0.211. The van der Waals surface area contributed by atoms with E-state index in [1.54, 1.807) is 23.5 Å². The molecule has 0 unspecified atom stereocenters. The largest absolute Gasteiger partial charge is 0.451 e. The lowest BCUT2D eigenvalue weighted by Crippen LogP contribution is -2.32. The van der Waals surface area contributed by atoms with Gasteiger partial charge in [0.1, 0.15) is 5.70 Å². The topological polar surface area (TPSA) is 84.5 Å². The van der Waals surface area contributed by atoms with Crippen LogP contribution in [0.25, 0.3) is 6.08 Å². The lowest BCUT2D eigenvalue weighted by molar-refractivity contribution is -0.145. The van der Waals surface area contributed by atoms with E-state index in [9.17, 15) is 14.4 Å². The predicted octanol–water partition coefficient (Wildman–Crippen LogP) is 2.13. The van der Waals surface area contributed by atoms with Gasteiger partial charge in [-0.3, -0.25) is 9.59 Å². The molecule has 0 bridgehead atoms. The zero-order chi connectivity index (χ0) is 18.8. The molecule has 0 saturated heterocycles. The number of carbonyl (C=O) groups is 3. The van der Waals surface area contributed by atoms with Crippen molar-refractivity contribution in [3.63, 3.8) is 0 Å². The molecule has 0 fully saturated rings. The van der Waals surface area contributed by atoms with E-state index >= 15 is 0 Å². The highest BCUT2D eigenvalue weighted by molar-refractivity contribution is 7.09. The number of carbonyl (C=O) groups excluding carboxylic acids is 3. The van der Waals surface area contributed by atoms with E-state index in [2.05, 4.69) is 10.6 Å². The number of rotatable bonds is 8. The summed E-state index contributed by atoms with van der Waals surface area (Å²) < 4.78 is 5.00. The van der Waals surface area contributed by atoms with Gasteiger partial charge < -0.3 is 15.4 Å². The lowest BCUT2D eigenvalue weighted by atomic mass is 10.2. The van der Waals surface area contributed by atoms with Crippen LogP contribution in [0, 0.1) is 0 Å². The number of amides is 2. The van der Waals surface area contributed by atoms with Crippen LogP contribution in [-0.2, 0) is 25.5 Å². The van der Waals surface area contributed by atoms with Gasteiger partial charge in [-0.1, -0.05) is 36.4 Å². The summed E-state index contributed by atoms with van der Waals surface area (Å²) in [5.41, 5.74) is 0.712. The minimum absolute atomic E-state index is 0.0184. The molecule has 1 aromatic carbocycles. The molecule has 0 aliphatic heterocycles. The zero-order valence-corrected chi connectivity index (χ0v) is 15.2. The fourth-order valence-electron chi connectivity index (χ4n) is 2.09. The standard InChI is InChI=1S/C19H20N2O4S/c1-14(22)21-17(12-15-6-3-2-4-7-15)19(24)25-13-18(23)20-10-9-16-8-5-11-26-16/h2-8,11-12H,9-10,13H2,1H3,(H,20,23)(H,21,22)/b17-12-. The van der Waals surface area contributed by atoms with Gasteiger partial charge in [0, 0.05) is 18.3 Å². The molecule has 2 rings (SSSR count). The van der Waals surface area contributed by atoms with Crippen molar-refractivity contribution in [1.82, 2.24) is 10.6 Å². The highest BCUT2D eigenvalue weighted by Crippen LogP contribution is 2.08. The molecule has 26 heavy (non-hydrogen) atoms. The summed E-state index contributed by atoms with van der Waals surface area (Å²) in [6.45, 7) is 1.35. The molecule has 0 aliphatic rings. The molecule has 2 aromatic rings. The van der Waals surface area contributed by atoms with Crippen LogP contribution in [0.1, 0.15) is 17.4 Å². The summed E-state index contributed by atoms with van der Waals surface area (Å²) in [6, 6.07) is 13.0. The van der Waals surface area contributed by atoms with Crippen LogP contribution in [0.4, 0.5) is 0 Å². The minimum atomic E-state index is -0.766. The summed E-state index contributed by atoms with van der Waals surface area (Å²) in [4.78, 5) is 36.4. The highest BCUT2D eigenvalue weighted by Gasteiger charge is 2.14. The van der Waals surface area contributed by atoms with E-state index in [-0.39, 0.29) is 5.70 Å². The lowest BCUT2D eigenvalue weighted by Gasteiger charge is -2.09. The van der Waals surface area contributed by atoms with Gasteiger partial charge in [-0.25, -0.2) is 4.79 Å². The van der Waals surface area contributed by atoms with E-state index < -0.39 is 24.4 Å². The Morgan fingerprint density at radius 2 is 1.88 bits per heavy atom. The Hall–Kier alpha value is -2.93. The molecule has 0 spiro atoms. The van der Waals surface area contributed by atoms with Gasteiger partial charge in [0.25, 0.3) is 5.91 Å². The van der Waals surface area contributed by atoms with Crippen molar-refractivity contribution >= 4 is 35.2 Å². The summed E-state index contributed by atoms with van der Waals surface area (Å²) in [5, 5.41) is 7.09. The molecule has 2 amide bonds. The van der Waals surface area contributed by atoms with Crippen molar-refractivity contribution in [2.45, 2.75) is 13.3 Å². The average Bonchev–Trinajstić information content (AvgIpc) is 3.13. The predicted molar refractivity (Wildman–Crippen MR) is 100 cm³/mol. The summed E-state index contributed by atoms with van der Waals surface area (Å²) >= 11 is 1.62. The van der Waals surface area contributed by atoms with Gasteiger partial charge in [0.05, 0.1) is 0 Å². The number of esters is 1. The molecule has 6 nitrogen and oxygen atoms in total. The quantitative estimate of drug-likeness (QED) is 0.549. The van der Waals surface area contributed by atoms with Crippen LogP contribution in [0.3, 0.4) is 0 Å². The van der Waals surface area contributed by atoms with Crippen LogP contribution < -0.4 is 10.6 Å². The van der Waals surface area contributed by atoms with Gasteiger partial charge in [0.15, 0.2) is 6.61 Å². The molecule has 0 aliphatic carbocycles. The van der Waals surface area contributed by atoms with Gasteiger partial charge in [-0.2, -0.15) is 0 Å². The second kappa shape index (κ2) is 10.1. The summed E-state index contributed by atoms with van der Waals surface area (Å²) in [5.74, 6) is -1.56. The number of benzene rings is 1. The maximum absolute atomic E-state index is 12.2. The monoisotopic (exact) mass is 372 g/mol. The van der Waals surface area contributed by atoms with Gasteiger partial charge in [-0.15, -0.1) is 11.3 Å². The van der Waals surface area contributed by atoms with Gasteiger partial charge in [-0.05, 0) is 29.5 Å². The number of hydrogen-bond donors (Lipinski definition) is 2. The summed E-state index contributed by atoms with van der Waals surface area (Å²) in [7, 11) is 0. The molecule has 136 valence electrons. The molecule has 7 heteroatoms. The SMILES string of the molecule is CC(=O)N/C(=C\c1ccccc1)C(=O)OCC(=O)NCCc1cccs1. The van der Waals surface area contributed by atoms with Crippen LogP contribution >= 0.6 is 11.3 Å². The Morgan fingerprint density at radius 3 is 2.54 bits per heavy atom. The molecular weight excluding hydrogens is 352 g/mol. The van der Waals surface area contributed by atoms with Crippen molar-refractivity contribution in [3.8, 4) is 0 Å². The highest BCUT2D eigenvalue weighted by atomic mass is 32.1. The zero-order valence-electron chi connectivity index (χ0n) is 14.4. The van der Waals surface area contributed by atoms with E-state index in [1.807, 2.05) is 35.7 Å². The Bertz CT molecular complexity index is 770. The summed E-state index contributed by atoms with van der Waals surface area (Å²) in [6.07, 6.45) is 2.22. The Morgan fingerprint density at radius 1 is 1.12 bits per heavy atom. The van der Waals surface area contributed by atoms with Crippen LogP contribution in [0.2, 0.25) is 0 Å². The number of ether oxygens (including phenoxy) is 1. The molecule has 0 saturated carbocycles. The van der Waals surface area contributed by atoms with Crippen molar-refractivity contribution < 1.29 is 19.1 Å². The third-order valence-corrected chi connectivity index (χ3v) is 4.19. The van der Waals surface area contributed by atoms with Crippen molar-refractivity contribution in [3.05, 3.63) is 64.0 Å². The molecular formula is C19H20N2O4S. The molecule has 2 N–H and O–H groups in total. The first-order valence-corrected chi connectivity index (χ1v) is 8.93. The third kappa shape index (κ3) is 6.90. The number of thiophene rings is 1. The van der Waals surface area contributed by atoms with Crippen LogP contribution in [-0.4, -0.2) is 30.9 Å². The van der Waals surface area contributed by atoms with E-state index in [4.69, 9.17) is 4.74 Å². The second-order valence-corrected chi connectivity index (χ2v) is 6.44. The van der Waals surface area contributed by atoms with E-state index in [0.717, 1.165) is 12.0 Å². The Balaban J connectivity index is 1.85. The first-order valence-electron chi connectivity index (χ1n) is 8.05. The van der Waals surface area contributed by atoms with Crippen molar-refractivity contribution in [2.75, 3.05) is 13.2 Å². The maximum Gasteiger partial charge on any atom is 0.355 e. The molecule has 0 atom stereocenters. The van der Waals surface area contributed by atoms with Crippen LogP contribution in [0.15, 0.2) is 53.5 Å². The smallest absolute Gasteiger partial charge is 0.355 e. The van der Waals surface area contributed by atoms with Gasteiger partial charge >= 0.3 is 5.97 Å². The van der Waals surface area contributed by atoms with Crippen molar-refractivity contribution in [1.29, 1.82) is 0 Å². The maximum atomic E-state index is 12.2. The Kier molecular flexibility index (Phi) is 7.57. The third-order valence-electron chi connectivity index (χ3n) is 3.25. The average molecular weight is 372 g/mol. The number of nitrogens with one attached hydrogen (secondary N) is 2. The van der Waals surface area contributed by atoms with Crippen LogP contribution in [0.5, 0.6) is 0 Å². The second-order valence-electron chi connectivity index (χ2n) is 5.41. The molecule has 1 aromatic heterocycles. The van der Waals surface area contributed by atoms with E-state index in [0.29, 0.717) is 6.54 Å². The first-order chi connectivity index (χ1) is 12.5. The molecule has 0 radical (unpaired) electrons. The fourth-order valence-corrected chi connectivity index (χ4v) is 2.80. The minimum Gasteiger partial charge on any atom is -0.451 e. The first kappa shape index (κ1) is 19.4. The van der Waals surface area contributed by atoms with E-state index in [1.165, 1.54) is 17.9 Å². The normalized spacial score (nSPS) is 10.9. The van der Waals surface area contributed by atoms with Gasteiger partial charge in [0.2, 0.25) is 5.91 Å². The molecule has 1 heterocycles. The van der Waals surface area contributed by atoms with Crippen molar-refractivity contribution in [2.24, 2.45) is 0 Å².